The average molecular weight is 320 g/mol. The minimum Gasteiger partial charge on any atom is -0.309 e. The molecule has 2 aromatic rings. The fraction of sp³-hybridized carbons (Fsp3) is 0.286. The van der Waals surface area contributed by atoms with Gasteiger partial charge in [-0.05, 0) is 30.0 Å². The van der Waals surface area contributed by atoms with Crippen LogP contribution >= 0.6 is 15.9 Å². The standard InChI is InChI=1S/C14H14BrN3O/c1-18-6-5-13(17-18)16-14(19)12-8-11(12)9-3-2-4-10(15)7-9/h2-7,11-12H,8H2,1H3,(H,16,17,19)/t11-,12+/m0/s1. The number of carbonyl (C=O) groups is 1. The molecule has 1 aromatic carbocycles. The summed E-state index contributed by atoms with van der Waals surface area (Å²) in [6.45, 7) is 0. The molecule has 1 amide bonds. The molecule has 0 spiro atoms. The highest BCUT2D eigenvalue weighted by Gasteiger charge is 2.44. The van der Waals surface area contributed by atoms with E-state index in [0.29, 0.717) is 11.7 Å². The molecule has 5 heteroatoms. The number of aromatic nitrogens is 2. The Hall–Kier alpha value is -1.62. The van der Waals surface area contributed by atoms with Crippen LogP contribution in [0.15, 0.2) is 41.0 Å². The van der Waals surface area contributed by atoms with Crippen molar-refractivity contribution in [2.24, 2.45) is 13.0 Å². The van der Waals surface area contributed by atoms with Crippen molar-refractivity contribution < 1.29 is 4.79 Å². The Balaban J connectivity index is 1.64. The van der Waals surface area contributed by atoms with Gasteiger partial charge in [0.2, 0.25) is 5.91 Å². The van der Waals surface area contributed by atoms with Crippen molar-refractivity contribution in [1.29, 1.82) is 0 Å². The van der Waals surface area contributed by atoms with E-state index in [2.05, 4.69) is 38.5 Å². The van der Waals surface area contributed by atoms with Crippen molar-refractivity contribution in [1.82, 2.24) is 9.78 Å². The van der Waals surface area contributed by atoms with Gasteiger partial charge in [0.15, 0.2) is 5.82 Å². The molecule has 0 radical (unpaired) electrons. The zero-order valence-electron chi connectivity index (χ0n) is 10.5. The normalized spacial score (nSPS) is 21.2. The van der Waals surface area contributed by atoms with Crippen molar-refractivity contribution in [2.45, 2.75) is 12.3 Å². The molecule has 1 fully saturated rings. The van der Waals surface area contributed by atoms with Gasteiger partial charge in [0.05, 0.1) is 0 Å². The smallest absolute Gasteiger partial charge is 0.229 e. The van der Waals surface area contributed by atoms with Crippen molar-refractivity contribution in [2.75, 3.05) is 5.32 Å². The quantitative estimate of drug-likeness (QED) is 0.945. The van der Waals surface area contributed by atoms with Crippen molar-refractivity contribution in [3.8, 4) is 0 Å². The fourth-order valence-electron chi connectivity index (χ4n) is 2.29. The van der Waals surface area contributed by atoms with Gasteiger partial charge in [-0.1, -0.05) is 28.1 Å². The number of anilines is 1. The van der Waals surface area contributed by atoms with Gasteiger partial charge < -0.3 is 5.32 Å². The summed E-state index contributed by atoms with van der Waals surface area (Å²) in [5.74, 6) is 1.08. The van der Waals surface area contributed by atoms with Crippen LogP contribution in [0.3, 0.4) is 0 Å². The SMILES string of the molecule is Cn1ccc(NC(=O)[C@@H]2C[C@H]2c2cccc(Br)c2)n1. The number of nitrogens with one attached hydrogen (secondary N) is 1. The van der Waals surface area contributed by atoms with Gasteiger partial charge in [-0.25, -0.2) is 0 Å². The van der Waals surface area contributed by atoms with Crippen LogP contribution in [0.5, 0.6) is 0 Å². The second kappa shape index (κ2) is 4.81. The lowest BCUT2D eigenvalue weighted by atomic mass is 10.1. The van der Waals surface area contributed by atoms with E-state index in [-0.39, 0.29) is 11.8 Å². The second-order valence-corrected chi connectivity index (χ2v) is 5.78. The second-order valence-electron chi connectivity index (χ2n) is 4.87. The average Bonchev–Trinajstić information content (AvgIpc) is 3.08. The first-order valence-corrected chi connectivity index (χ1v) is 6.99. The maximum absolute atomic E-state index is 12.1. The third-order valence-electron chi connectivity index (χ3n) is 3.37. The molecule has 19 heavy (non-hydrogen) atoms. The fourth-order valence-corrected chi connectivity index (χ4v) is 2.71. The lowest BCUT2D eigenvalue weighted by molar-refractivity contribution is -0.117. The van der Waals surface area contributed by atoms with Crippen LogP contribution < -0.4 is 5.32 Å². The Morgan fingerprint density at radius 3 is 3.00 bits per heavy atom. The number of benzene rings is 1. The van der Waals surface area contributed by atoms with E-state index in [4.69, 9.17) is 0 Å². The first-order valence-electron chi connectivity index (χ1n) is 6.19. The largest absolute Gasteiger partial charge is 0.309 e. The van der Waals surface area contributed by atoms with E-state index >= 15 is 0 Å². The number of aryl methyl sites for hydroxylation is 1. The minimum atomic E-state index is 0.0590. The summed E-state index contributed by atoms with van der Waals surface area (Å²) in [7, 11) is 1.83. The Kier molecular flexibility index (Phi) is 3.14. The topological polar surface area (TPSA) is 46.9 Å². The molecule has 4 nitrogen and oxygen atoms in total. The molecule has 0 bridgehead atoms. The molecule has 0 saturated heterocycles. The molecule has 0 aliphatic heterocycles. The van der Waals surface area contributed by atoms with Crippen molar-refractivity contribution in [3.05, 3.63) is 46.6 Å². The molecule has 1 aliphatic rings. The monoisotopic (exact) mass is 319 g/mol. The summed E-state index contributed by atoms with van der Waals surface area (Å²) in [5, 5.41) is 7.01. The number of nitrogens with zero attached hydrogens (tertiary/aromatic N) is 2. The zero-order chi connectivity index (χ0) is 13.4. The van der Waals surface area contributed by atoms with Crippen LogP contribution in [-0.4, -0.2) is 15.7 Å². The molecule has 2 atom stereocenters. The van der Waals surface area contributed by atoms with Crippen molar-refractivity contribution in [3.63, 3.8) is 0 Å². The van der Waals surface area contributed by atoms with Gasteiger partial charge in [-0.15, -0.1) is 0 Å². The van der Waals surface area contributed by atoms with Crippen LogP contribution in [0.25, 0.3) is 0 Å². The Morgan fingerprint density at radius 2 is 2.32 bits per heavy atom. The van der Waals surface area contributed by atoms with E-state index in [1.165, 1.54) is 5.56 Å². The third kappa shape index (κ3) is 2.71. The van der Waals surface area contributed by atoms with Gasteiger partial charge in [0.1, 0.15) is 0 Å². The van der Waals surface area contributed by atoms with E-state index in [1.807, 2.05) is 25.4 Å². The summed E-state index contributed by atoms with van der Waals surface area (Å²) >= 11 is 3.46. The predicted molar refractivity (Wildman–Crippen MR) is 76.8 cm³/mol. The molecule has 1 heterocycles. The summed E-state index contributed by atoms with van der Waals surface area (Å²) in [6.07, 6.45) is 2.73. The van der Waals surface area contributed by atoms with Crippen LogP contribution in [0.2, 0.25) is 0 Å². The highest BCUT2D eigenvalue weighted by molar-refractivity contribution is 9.10. The lowest BCUT2D eigenvalue weighted by Gasteiger charge is -2.02. The number of amides is 1. The van der Waals surface area contributed by atoms with E-state index in [0.717, 1.165) is 10.9 Å². The Morgan fingerprint density at radius 1 is 1.47 bits per heavy atom. The molecular weight excluding hydrogens is 306 g/mol. The third-order valence-corrected chi connectivity index (χ3v) is 3.86. The highest BCUT2D eigenvalue weighted by Crippen LogP contribution is 2.48. The van der Waals surface area contributed by atoms with Crippen LogP contribution in [-0.2, 0) is 11.8 Å². The van der Waals surface area contributed by atoms with Crippen LogP contribution in [0.1, 0.15) is 17.9 Å². The molecule has 1 saturated carbocycles. The first kappa shape index (κ1) is 12.4. The molecule has 1 N–H and O–H groups in total. The maximum atomic E-state index is 12.1. The van der Waals surface area contributed by atoms with E-state index < -0.39 is 0 Å². The van der Waals surface area contributed by atoms with Gasteiger partial charge in [0, 0.05) is 29.7 Å². The molecule has 98 valence electrons. The maximum Gasteiger partial charge on any atom is 0.229 e. The summed E-state index contributed by atoms with van der Waals surface area (Å²) < 4.78 is 2.73. The number of rotatable bonds is 3. The molecule has 3 rings (SSSR count). The molecular formula is C14H14BrN3O. The predicted octanol–water partition coefficient (Wildman–Crippen LogP) is 2.92. The van der Waals surface area contributed by atoms with Gasteiger partial charge in [-0.3, -0.25) is 9.48 Å². The zero-order valence-corrected chi connectivity index (χ0v) is 12.1. The molecule has 1 aromatic heterocycles. The van der Waals surface area contributed by atoms with E-state index in [1.54, 1.807) is 10.7 Å². The molecule has 0 unspecified atom stereocenters. The van der Waals surface area contributed by atoms with Gasteiger partial charge >= 0.3 is 0 Å². The van der Waals surface area contributed by atoms with Crippen LogP contribution in [0.4, 0.5) is 5.82 Å². The first-order chi connectivity index (χ1) is 9.13. The number of carbonyl (C=O) groups excluding carboxylic acids is 1. The Labute approximate surface area is 119 Å². The highest BCUT2D eigenvalue weighted by atomic mass is 79.9. The van der Waals surface area contributed by atoms with Gasteiger partial charge in [-0.2, -0.15) is 5.10 Å². The summed E-state index contributed by atoms with van der Waals surface area (Å²) in [4.78, 5) is 12.1. The van der Waals surface area contributed by atoms with Gasteiger partial charge in [0.25, 0.3) is 0 Å². The minimum absolute atomic E-state index is 0.0590. The molecule has 1 aliphatic carbocycles. The Bertz CT molecular complexity index is 623. The number of halogens is 1. The lowest BCUT2D eigenvalue weighted by Crippen LogP contribution is -2.15. The number of hydrogen-bond acceptors (Lipinski definition) is 2. The van der Waals surface area contributed by atoms with E-state index in [9.17, 15) is 4.79 Å². The number of hydrogen-bond donors (Lipinski definition) is 1. The summed E-state index contributed by atoms with van der Waals surface area (Å²) in [6, 6.07) is 9.96. The van der Waals surface area contributed by atoms with Crippen LogP contribution in [0, 0.1) is 5.92 Å². The van der Waals surface area contributed by atoms with Crippen molar-refractivity contribution >= 4 is 27.7 Å². The summed E-state index contributed by atoms with van der Waals surface area (Å²) in [5.41, 5.74) is 1.22.